The third-order valence-corrected chi connectivity index (χ3v) is 6.21. The summed E-state index contributed by atoms with van der Waals surface area (Å²) in [5.74, 6) is 0.681. The molecule has 0 aromatic heterocycles. The number of carbonyl (C=O) groups is 2. The molecule has 0 radical (unpaired) electrons. The molecule has 2 aromatic carbocycles. The zero-order chi connectivity index (χ0) is 27.5. The molecule has 3 rings (SSSR count). The average molecular weight is 506 g/mol. The lowest BCUT2D eigenvalue weighted by molar-refractivity contribution is 0.0955. The van der Waals surface area contributed by atoms with E-state index in [0.717, 1.165) is 16.8 Å². The maximum absolute atomic E-state index is 13.5. The van der Waals surface area contributed by atoms with Crippen molar-refractivity contribution in [3.63, 3.8) is 0 Å². The number of anilines is 1. The third kappa shape index (κ3) is 5.69. The van der Waals surface area contributed by atoms with Crippen molar-refractivity contribution in [2.24, 2.45) is 0 Å². The zero-order valence-corrected chi connectivity index (χ0v) is 22.6. The van der Waals surface area contributed by atoms with Gasteiger partial charge in [-0.3, -0.25) is 15.0 Å². The Morgan fingerprint density at radius 3 is 2.46 bits per heavy atom. The fourth-order valence-corrected chi connectivity index (χ4v) is 4.36. The predicted molar refractivity (Wildman–Crippen MR) is 143 cm³/mol. The minimum atomic E-state index is -0.373. The molecule has 196 valence electrons. The van der Waals surface area contributed by atoms with Gasteiger partial charge in [-0.25, -0.2) is 0 Å². The highest BCUT2D eigenvalue weighted by Crippen LogP contribution is 2.40. The number of nitriles is 1. The summed E-state index contributed by atoms with van der Waals surface area (Å²) in [5.41, 5.74) is 3.60. The summed E-state index contributed by atoms with van der Waals surface area (Å²) in [6.45, 7) is 8.48. The van der Waals surface area contributed by atoms with Crippen LogP contribution < -0.4 is 19.7 Å². The molecule has 0 saturated carbocycles. The second-order valence-corrected chi connectivity index (χ2v) is 10.1. The van der Waals surface area contributed by atoms with Crippen molar-refractivity contribution in [3.05, 3.63) is 52.1 Å². The molecule has 0 aliphatic carbocycles. The highest BCUT2D eigenvalue weighted by molar-refractivity contribution is 6.08. The molecule has 0 saturated heterocycles. The number of hydrogen-bond donors (Lipinski definition) is 2. The number of amidine groups is 1. The molecule has 0 spiro atoms. The van der Waals surface area contributed by atoms with Crippen molar-refractivity contribution in [2.45, 2.75) is 39.7 Å². The first-order chi connectivity index (χ1) is 17.4. The van der Waals surface area contributed by atoms with Gasteiger partial charge in [-0.05, 0) is 42.2 Å². The van der Waals surface area contributed by atoms with Crippen LogP contribution in [0.15, 0.2) is 24.3 Å². The lowest BCUT2D eigenvalue weighted by Crippen LogP contribution is -2.30. The summed E-state index contributed by atoms with van der Waals surface area (Å²) in [6, 6.07) is 9.06. The Morgan fingerprint density at radius 1 is 1.19 bits per heavy atom. The number of fused-ring (bicyclic) bond motifs is 1. The number of nitrogens with one attached hydrogen (secondary N) is 2. The van der Waals surface area contributed by atoms with Gasteiger partial charge < -0.3 is 24.6 Å². The SMILES string of the molecule is CCOc1cc(C(=O)CN2Cc3cc(N(C)C)c(C(=O)NC)cc3C2=N)cc(C(C)(C)C)c1OCC#N. The smallest absolute Gasteiger partial charge is 0.253 e. The van der Waals surface area contributed by atoms with Crippen molar-refractivity contribution in [3.8, 4) is 17.6 Å². The third-order valence-electron chi connectivity index (χ3n) is 6.21. The van der Waals surface area contributed by atoms with E-state index in [1.165, 1.54) is 0 Å². The molecule has 9 nitrogen and oxygen atoms in total. The number of amides is 1. The van der Waals surface area contributed by atoms with Crippen LogP contribution in [0.2, 0.25) is 0 Å². The Balaban J connectivity index is 1.96. The molecular weight excluding hydrogens is 470 g/mol. The minimum Gasteiger partial charge on any atom is -0.490 e. The Bertz CT molecular complexity index is 1270. The van der Waals surface area contributed by atoms with E-state index in [-0.39, 0.29) is 36.1 Å². The first-order valence-corrected chi connectivity index (χ1v) is 12.2. The van der Waals surface area contributed by atoms with E-state index in [9.17, 15) is 9.59 Å². The highest BCUT2D eigenvalue weighted by atomic mass is 16.5. The number of ketones is 1. The lowest BCUT2D eigenvalue weighted by Gasteiger charge is -2.25. The topological polar surface area (TPSA) is 119 Å². The highest BCUT2D eigenvalue weighted by Gasteiger charge is 2.31. The Hall–Kier alpha value is -4.06. The van der Waals surface area contributed by atoms with E-state index >= 15 is 0 Å². The molecule has 0 bridgehead atoms. The van der Waals surface area contributed by atoms with Gasteiger partial charge in [0.1, 0.15) is 11.9 Å². The van der Waals surface area contributed by atoms with Gasteiger partial charge in [0.05, 0.1) is 18.7 Å². The van der Waals surface area contributed by atoms with Crippen LogP contribution >= 0.6 is 0 Å². The van der Waals surface area contributed by atoms with Crippen LogP contribution in [0.5, 0.6) is 11.5 Å². The van der Waals surface area contributed by atoms with E-state index in [1.807, 2.05) is 58.8 Å². The summed E-state index contributed by atoms with van der Waals surface area (Å²) in [6.07, 6.45) is 0. The van der Waals surface area contributed by atoms with Crippen molar-refractivity contribution in [2.75, 3.05) is 45.8 Å². The van der Waals surface area contributed by atoms with E-state index < -0.39 is 0 Å². The molecule has 0 fully saturated rings. The zero-order valence-electron chi connectivity index (χ0n) is 22.6. The number of ether oxygens (including phenoxy) is 2. The van der Waals surface area contributed by atoms with E-state index in [0.29, 0.717) is 41.3 Å². The summed E-state index contributed by atoms with van der Waals surface area (Å²) in [4.78, 5) is 29.5. The standard InChI is InChI=1S/C28H35N5O4/c1-8-36-24-13-17(11-21(28(2,3)4)25(24)37-10-9-29)23(34)16-33-15-18-12-22(32(6)7)20(27(35)31-5)14-19(18)26(33)30/h11-14,30H,8,10,15-16H2,1-7H3,(H,31,35). The molecule has 37 heavy (non-hydrogen) atoms. The van der Waals surface area contributed by atoms with Crippen LogP contribution in [-0.2, 0) is 12.0 Å². The van der Waals surface area contributed by atoms with Crippen molar-refractivity contribution < 1.29 is 19.1 Å². The molecule has 1 aliphatic heterocycles. The van der Waals surface area contributed by atoms with Gasteiger partial charge in [0.15, 0.2) is 23.9 Å². The quantitative estimate of drug-likeness (QED) is 0.499. The van der Waals surface area contributed by atoms with Crippen LogP contribution in [0.25, 0.3) is 0 Å². The van der Waals surface area contributed by atoms with Crippen LogP contribution in [0.3, 0.4) is 0 Å². The summed E-state index contributed by atoms with van der Waals surface area (Å²) in [5, 5.41) is 20.4. The van der Waals surface area contributed by atoms with Crippen LogP contribution in [-0.4, -0.2) is 63.3 Å². The van der Waals surface area contributed by atoms with E-state index in [1.54, 1.807) is 30.1 Å². The van der Waals surface area contributed by atoms with E-state index in [4.69, 9.17) is 20.1 Å². The van der Waals surface area contributed by atoms with Gasteiger partial charge in [0, 0.05) is 50.1 Å². The van der Waals surface area contributed by atoms with Gasteiger partial charge in [0.2, 0.25) is 0 Å². The molecule has 2 aromatic rings. The number of hydrogen-bond acceptors (Lipinski definition) is 7. The molecule has 0 atom stereocenters. The van der Waals surface area contributed by atoms with Gasteiger partial charge in [-0.2, -0.15) is 5.26 Å². The van der Waals surface area contributed by atoms with Crippen LogP contribution in [0.4, 0.5) is 5.69 Å². The van der Waals surface area contributed by atoms with Crippen LogP contribution in [0, 0.1) is 16.7 Å². The molecule has 1 heterocycles. The number of benzene rings is 2. The Kier molecular flexibility index (Phi) is 8.12. The molecule has 0 unspecified atom stereocenters. The van der Waals surface area contributed by atoms with E-state index in [2.05, 4.69) is 5.32 Å². The molecule has 9 heteroatoms. The maximum Gasteiger partial charge on any atom is 0.253 e. The maximum atomic E-state index is 13.5. The fourth-order valence-electron chi connectivity index (χ4n) is 4.36. The van der Waals surface area contributed by atoms with Gasteiger partial charge in [0.25, 0.3) is 5.91 Å². The van der Waals surface area contributed by atoms with Gasteiger partial charge in [-0.15, -0.1) is 0 Å². The molecule has 2 N–H and O–H groups in total. The average Bonchev–Trinajstić information content (AvgIpc) is 3.15. The van der Waals surface area contributed by atoms with Crippen molar-refractivity contribution in [1.29, 1.82) is 10.7 Å². The number of Topliss-reactive ketones (excluding diaryl/α,β-unsaturated/α-hetero) is 1. The summed E-state index contributed by atoms with van der Waals surface area (Å²) in [7, 11) is 5.30. The minimum absolute atomic E-state index is 0.00628. The first kappa shape index (κ1) is 27.5. The van der Waals surface area contributed by atoms with Gasteiger partial charge >= 0.3 is 0 Å². The first-order valence-electron chi connectivity index (χ1n) is 12.2. The predicted octanol–water partition coefficient (Wildman–Crippen LogP) is 3.73. The number of nitrogens with zero attached hydrogens (tertiary/aromatic N) is 3. The number of carbonyl (C=O) groups excluding carboxylic acids is 2. The second kappa shape index (κ2) is 10.9. The second-order valence-electron chi connectivity index (χ2n) is 10.1. The fraction of sp³-hybridized carbons (Fsp3) is 0.429. The Morgan fingerprint density at radius 2 is 1.89 bits per heavy atom. The Labute approximate surface area is 218 Å². The molecular formula is C28H35N5O4. The normalized spacial score (nSPS) is 12.6. The largest absolute Gasteiger partial charge is 0.490 e. The summed E-state index contributed by atoms with van der Waals surface area (Å²) < 4.78 is 11.5. The number of rotatable bonds is 9. The summed E-state index contributed by atoms with van der Waals surface area (Å²) >= 11 is 0. The molecule has 1 amide bonds. The monoisotopic (exact) mass is 505 g/mol. The van der Waals surface area contributed by atoms with Gasteiger partial charge in [-0.1, -0.05) is 20.8 Å². The molecule has 1 aliphatic rings. The van der Waals surface area contributed by atoms with Crippen molar-refractivity contribution >= 4 is 23.2 Å². The van der Waals surface area contributed by atoms with Crippen LogP contribution in [0.1, 0.15) is 65.1 Å². The van der Waals surface area contributed by atoms with Crippen molar-refractivity contribution in [1.82, 2.24) is 10.2 Å². The lowest BCUT2D eigenvalue weighted by atomic mass is 9.84.